The second kappa shape index (κ2) is 3.32. The fraction of sp³-hybridized carbons (Fsp3) is 0.250. The first-order valence-electron chi connectivity index (χ1n) is 3.56. The van der Waals surface area contributed by atoms with E-state index in [0.29, 0.717) is 5.69 Å². The Labute approximate surface area is 70.0 Å². The van der Waals surface area contributed by atoms with Gasteiger partial charge in [0, 0.05) is 0 Å². The van der Waals surface area contributed by atoms with Gasteiger partial charge in [-0.25, -0.2) is 4.98 Å². The van der Waals surface area contributed by atoms with Crippen LogP contribution in [-0.2, 0) is 0 Å². The van der Waals surface area contributed by atoms with E-state index in [1.54, 1.807) is 19.1 Å². The Hall–Kier alpha value is -1.42. The molecule has 0 fully saturated rings. The lowest BCUT2D eigenvalue weighted by Gasteiger charge is -2.03. The zero-order valence-electron chi connectivity index (χ0n) is 6.69. The monoisotopic (exact) mass is 166 g/mol. The smallest absolute Gasteiger partial charge is 0.267 e. The molecule has 0 radical (unpaired) electrons. The van der Waals surface area contributed by atoms with Gasteiger partial charge < -0.3 is 10.8 Å². The summed E-state index contributed by atoms with van der Waals surface area (Å²) in [6.45, 7) is 1.58. The molecule has 1 aromatic rings. The maximum atomic E-state index is 10.7. The van der Waals surface area contributed by atoms with Crippen LogP contribution in [0.5, 0.6) is 0 Å². The molecule has 1 unspecified atom stereocenters. The van der Waals surface area contributed by atoms with Crippen molar-refractivity contribution < 1.29 is 9.90 Å². The molecule has 1 rings (SSSR count). The van der Waals surface area contributed by atoms with Gasteiger partial charge in [0.05, 0.1) is 11.8 Å². The number of carbonyl (C=O) groups excluding carboxylic acids is 1. The molecule has 0 saturated heterocycles. The lowest BCUT2D eigenvalue weighted by atomic mass is 10.2. The van der Waals surface area contributed by atoms with E-state index in [2.05, 4.69) is 4.98 Å². The number of nitrogens with zero attached hydrogens (tertiary/aromatic N) is 1. The van der Waals surface area contributed by atoms with Crippen LogP contribution < -0.4 is 5.73 Å². The summed E-state index contributed by atoms with van der Waals surface area (Å²) < 4.78 is 0. The lowest BCUT2D eigenvalue weighted by molar-refractivity contribution is 0.0994. The standard InChI is InChI=1S/C8H10N2O2/c1-5(11)6-3-2-4-7(10-6)8(9)12/h2-5,11H,1H3,(H2,9,12). The van der Waals surface area contributed by atoms with Crippen molar-refractivity contribution in [2.24, 2.45) is 5.73 Å². The molecule has 0 aliphatic heterocycles. The number of aliphatic hydroxyl groups is 1. The molecule has 0 spiro atoms. The summed E-state index contributed by atoms with van der Waals surface area (Å²) in [4.78, 5) is 14.5. The van der Waals surface area contributed by atoms with Crippen LogP contribution in [-0.4, -0.2) is 16.0 Å². The van der Waals surface area contributed by atoms with Gasteiger partial charge in [-0.3, -0.25) is 4.79 Å². The third kappa shape index (κ3) is 1.79. The molecule has 0 saturated carbocycles. The average molecular weight is 166 g/mol. The van der Waals surface area contributed by atoms with Crippen LogP contribution in [0.3, 0.4) is 0 Å². The van der Waals surface area contributed by atoms with E-state index in [1.165, 1.54) is 6.07 Å². The van der Waals surface area contributed by atoms with Crippen LogP contribution in [0.15, 0.2) is 18.2 Å². The van der Waals surface area contributed by atoms with Crippen molar-refractivity contribution in [3.63, 3.8) is 0 Å². The highest BCUT2D eigenvalue weighted by molar-refractivity contribution is 5.90. The Kier molecular flexibility index (Phi) is 2.40. The molecule has 1 amide bonds. The summed E-state index contributed by atoms with van der Waals surface area (Å²) in [5.41, 5.74) is 5.62. The minimum absolute atomic E-state index is 0.174. The SMILES string of the molecule is CC(O)c1cccc(C(N)=O)n1. The number of aliphatic hydroxyl groups excluding tert-OH is 1. The Balaban J connectivity index is 3.04. The van der Waals surface area contributed by atoms with Crippen LogP contribution in [0, 0.1) is 0 Å². The van der Waals surface area contributed by atoms with Crippen molar-refractivity contribution in [2.75, 3.05) is 0 Å². The summed E-state index contributed by atoms with van der Waals surface area (Å²) in [5.74, 6) is -0.586. The first kappa shape index (κ1) is 8.67. The van der Waals surface area contributed by atoms with Gasteiger partial charge in [-0.1, -0.05) is 6.07 Å². The van der Waals surface area contributed by atoms with Crippen molar-refractivity contribution in [1.82, 2.24) is 4.98 Å². The fourth-order valence-electron chi connectivity index (χ4n) is 0.821. The van der Waals surface area contributed by atoms with E-state index >= 15 is 0 Å². The Bertz CT molecular complexity index is 297. The molecular formula is C8H10N2O2. The molecule has 1 heterocycles. The number of pyridine rings is 1. The van der Waals surface area contributed by atoms with Gasteiger partial charge in [-0.05, 0) is 19.1 Å². The zero-order valence-corrected chi connectivity index (χ0v) is 6.69. The summed E-state index contributed by atoms with van der Waals surface area (Å²) in [5, 5.41) is 9.12. The number of hydrogen-bond acceptors (Lipinski definition) is 3. The van der Waals surface area contributed by atoms with Gasteiger partial charge in [-0.15, -0.1) is 0 Å². The maximum Gasteiger partial charge on any atom is 0.267 e. The van der Waals surface area contributed by atoms with Crippen LogP contribution in [0.2, 0.25) is 0 Å². The first-order chi connectivity index (χ1) is 5.61. The largest absolute Gasteiger partial charge is 0.387 e. The summed E-state index contributed by atoms with van der Waals surface area (Å²) in [6.07, 6.45) is -0.677. The Morgan fingerprint density at radius 3 is 2.83 bits per heavy atom. The lowest BCUT2D eigenvalue weighted by Crippen LogP contribution is -2.14. The first-order valence-corrected chi connectivity index (χ1v) is 3.56. The number of rotatable bonds is 2. The molecule has 0 aliphatic rings. The molecule has 0 bridgehead atoms. The van der Waals surface area contributed by atoms with Crippen LogP contribution in [0.4, 0.5) is 0 Å². The number of nitrogens with two attached hydrogens (primary N) is 1. The van der Waals surface area contributed by atoms with E-state index in [-0.39, 0.29) is 5.69 Å². The minimum Gasteiger partial charge on any atom is -0.387 e. The van der Waals surface area contributed by atoms with E-state index in [0.717, 1.165) is 0 Å². The number of aromatic nitrogens is 1. The number of carbonyl (C=O) groups is 1. The Morgan fingerprint density at radius 1 is 1.67 bits per heavy atom. The van der Waals surface area contributed by atoms with Crippen molar-refractivity contribution in [3.05, 3.63) is 29.6 Å². The highest BCUT2D eigenvalue weighted by Gasteiger charge is 2.05. The zero-order chi connectivity index (χ0) is 9.14. The van der Waals surface area contributed by atoms with Gasteiger partial charge in [0.25, 0.3) is 5.91 Å². The van der Waals surface area contributed by atoms with Gasteiger partial charge in [-0.2, -0.15) is 0 Å². The predicted octanol–water partition coefficient (Wildman–Crippen LogP) is 0.234. The number of amides is 1. The van der Waals surface area contributed by atoms with Crippen molar-refractivity contribution >= 4 is 5.91 Å². The van der Waals surface area contributed by atoms with Crippen LogP contribution in [0.1, 0.15) is 29.2 Å². The van der Waals surface area contributed by atoms with Crippen molar-refractivity contribution in [1.29, 1.82) is 0 Å². The Morgan fingerprint density at radius 2 is 2.33 bits per heavy atom. The molecule has 4 nitrogen and oxygen atoms in total. The average Bonchev–Trinajstić information content (AvgIpc) is 2.04. The highest BCUT2D eigenvalue weighted by atomic mass is 16.3. The molecule has 1 atom stereocenters. The molecule has 0 aliphatic carbocycles. The molecule has 1 aromatic heterocycles. The summed E-state index contributed by atoms with van der Waals surface area (Å²) >= 11 is 0. The van der Waals surface area contributed by atoms with Crippen molar-refractivity contribution in [3.8, 4) is 0 Å². The van der Waals surface area contributed by atoms with E-state index in [4.69, 9.17) is 10.8 Å². The predicted molar refractivity (Wildman–Crippen MR) is 43.4 cm³/mol. The van der Waals surface area contributed by atoms with E-state index in [1.807, 2.05) is 0 Å². The number of primary amides is 1. The van der Waals surface area contributed by atoms with Crippen LogP contribution >= 0.6 is 0 Å². The molecule has 3 N–H and O–H groups in total. The third-order valence-corrected chi connectivity index (χ3v) is 1.45. The third-order valence-electron chi connectivity index (χ3n) is 1.45. The quantitative estimate of drug-likeness (QED) is 0.660. The molecular weight excluding hydrogens is 156 g/mol. The van der Waals surface area contributed by atoms with Gasteiger partial charge in [0.15, 0.2) is 0 Å². The van der Waals surface area contributed by atoms with Crippen molar-refractivity contribution in [2.45, 2.75) is 13.0 Å². The topological polar surface area (TPSA) is 76.2 Å². The number of hydrogen-bond donors (Lipinski definition) is 2. The fourth-order valence-corrected chi connectivity index (χ4v) is 0.821. The summed E-state index contributed by atoms with van der Waals surface area (Å²) in [7, 11) is 0. The molecule has 0 aromatic carbocycles. The van der Waals surface area contributed by atoms with E-state index in [9.17, 15) is 4.79 Å². The maximum absolute atomic E-state index is 10.7. The van der Waals surface area contributed by atoms with Gasteiger partial charge in [0.1, 0.15) is 5.69 Å². The normalized spacial score (nSPS) is 12.5. The highest BCUT2D eigenvalue weighted by Crippen LogP contribution is 2.08. The molecule has 12 heavy (non-hydrogen) atoms. The van der Waals surface area contributed by atoms with E-state index < -0.39 is 12.0 Å². The molecule has 4 heteroatoms. The summed E-state index contributed by atoms with van der Waals surface area (Å²) in [6, 6.07) is 4.78. The second-order valence-corrected chi connectivity index (χ2v) is 2.49. The van der Waals surface area contributed by atoms with Gasteiger partial charge in [0.2, 0.25) is 0 Å². The minimum atomic E-state index is -0.677. The second-order valence-electron chi connectivity index (χ2n) is 2.49. The molecule has 64 valence electrons. The van der Waals surface area contributed by atoms with Crippen LogP contribution in [0.25, 0.3) is 0 Å². The van der Waals surface area contributed by atoms with Gasteiger partial charge >= 0.3 is 0 Å².